The molecular formula is C24H29IN6. The van der Waals surface area contributed by atoms with Gasteiger partial charge in [0.2, 0.25) is 0 Å². The number of guanidine groups is 1. The van der Waals surface area contributed by atoms with Gasteiger partial charge in [0.1, 0.15) is 0 Å². The maximum Gasteiger partial charge on any atom is 0.191 e. The molecule has 0 aliphatic heterocycles. The Balaban J connectivity index is 0.00000272. The second kappa shape index (κ2) is 11.5. The van der Waals surface area contributed by atoms with Gasteiger partial charge < -0.3 is 20.2 Å². The van der Waals surface area contributed by atoms with Crippen molar-refractivity contribution in [1.29, 1.82) is 0 Å². The first-order chi connectivity index (χ1) is 14.8. The van der Waals surface area contributed by atoms with Crippen LogP contribution in [0.25, 0.3) is 10.9 Å². The molecule has 0 spiro atoms. The molecule has 0 fully saturated rings. The maximum absolute atomic E-state index is 4.77. The van der Waals surface area contributed by atoms with E-state index in [4.69, 9.17) is 4.99 Å². The SMILES string of the molecule is CCNC(=NCc1cccc(Cn2ccnc2)c1)NCCc1c[nH]c2ccccc12.I. The van der Waals surface area contributed by atoms with E-state index in [1.54, 1.807) is 6.20 Å². The van der Waals surface area contributed by atoms with E-state index in [1.807, 2.05) is 12.5 Å². The number of benzene rings is 2. The molecule has 4 rings (SSSR count). The summed E-state index contributed by atoms with van der Waals surface area (Å²) in [5.41, 5.74) is 4.95. The Morgan fingerprint density at radius 2 is 1.97 bits per heavy atom. The molecule has 0 bridgehead atoms. The second-order valence-corrected chi connectivity index (χ2v) is 7.29. The first-order valence-electron chi connectivity index (χ1n) is 10.4. The molecule has 0 radical (unpaired) electrons. The summed E-state index contributed by atoms with van der Waals surface area (Å²) in [5.74, 6) is 0.845. The largest absolute Gasteiger partial charge is 0.361 e. The highest BCUT2D eigenvalue weighted by Gasteiger charge is 2.04. The van der Waals surface area contributed by atoms with Crippen molar-refractivity contribution >= 4 is 40.8 Å². The zero-order valence-electron chi connectivity index (χ0n) is 17.7. The van der Waals surface area contributed by atoms with E-state index in [1.165, 1.54) is 27.6 Å². The molecule has 6 nitrogen and oxygen atoms in total. The van der Waals surface area contributed by atoms with Crippen LogP contribution in [-0.4, -0.2) is 33.6 Å². The van der Waals surface area contributed by atoms with Crippen LogP contribution in [0.1, 0.15) is 23.6 Å². The quantitative estimate of drug-likeness (QED) is 0.181. The van der Waals surface area contributed by atoms with Gasteiger partial charge in [0.15, 0.2) is 5.96 Å². The lowest BCUT2D eigenvalue weighted by atomic mass is 10.1. The molecule has 2 heterocycles. The summed E-state index contributed by atoms with van der Waals surface area (Å²) in [7, 11) is 0. The summed E-state index contributed by atoms with van der Waals surface area (Å²) in [6.45, 7) is 5.21. The third kappa shape index (κ3) is 6.33. The lowest BCUT2D eigenvalue weighted by Crippen LogP contribution is -2.38. The lowest BCUT2D eigenvalue weighted by molar-refractivity contribution is 0.791. The van der Waals surface area contributed by atoms with Gasteiger partial charge in [-0.15, -0.1) is 24.0 Å². The molecule has 0 saturated heterocycles. The fourth-order valence-electron chi connectivity index (χ4n) is 3.58. The number of rotatable bonds is 8. The van der Waals surface area contributed by atoms with E-state index in [-0.39, 0.29) is 24.0 Å². The number of para-hydroxylation sites is 1. The number of hydrogen-bond acceptors (Lipinski definition) is 2. The van der Waals surface area contributed by atoms with Crippen molar-refractivity contribution in [2.45, 2.75) is 26.4 Å². The number of halogens is 1. The Kier molecular flexibility index (Phi) is 8.52. The van der Waals surface area contributed by atoms with Crippen LogP contribution in [0.5, 0.6) is 0 Å². The third-order valence-electron chi connectivity index (χ3n) is 5.04. The number of H-pyrrole nitrogens is 1. The number of fused-ring (bicyclic) bond motifs is 1. The predicted octanol–water partition coefficient (Wildman–Crippen LogP) is 4.33. The van der Waals surface area contributed by atoms with E-state index >= 15 is 0 Å². The average molecular weight is 528 g/mol. The van der Waals surface area contributed by atoms with Crippen molar-refractivity contribution in [3.05, 3.63) is 90.1 Å². The zero-order chi connectivity index (χ0) is 20.6. The minimum Gasteiger partial charge on any atom is -0.361 e. The van der Waals surface area contributed by atoms with Crippen LogP contribution in [0.4, 0.5) is 0 Å². The fraction of sp³-hybridized carbons (Fsp3) is 0.250. The first kappa shape index (κ1) is 22.9. The fourth-order valence-corrected chi connectivity index (χ4v) is 3.58. The van der Waals surface area contributed by atoms with Gasteiger partial charge in [-0.25, -0.2) is 9.98 Å². The molecule has 3 N–H and O–H groups in total. The first-order valence-corrected chi connectivity index (χ1v) is 10.4. The third-order valence-corrected chi connectivity index (χ3v) is 5.04. The van der Waals surface area contributed by atoms with Crippen molar-refractivity contribution < 1.29 is 0 Å². The molecule has 162 valence electrons. The Morgan fingerprint density at radius 3 is 2.81 bits per heavy atom. The number of aliphatic imine (C=N–C) groups is 1. The highest BCUT2D eigenvalue weighted by atomic mass is 127. The van der Waals surface area contributed by atoms with E-state index in [0.717, 1.165) is 32.0 Å². The molecule has 2 aromatic carbocycles. The summed E-state index contributed by atoms with van der Waals surface area (Å²) in [6.07, 6.45) is 8.66. The number of hydrogen-bond donors (Lipinski definition) is 3. The summed E-state index contributed by atoms with van der Waals surface area (Å²) in [5, 5.41) is 8.09. The summed E-state index contributed by atoms with van der Waals surface area (Å²) >= 11 is 0. The van der Waals surface area contributed by atoms with Crippen LogP contribution in [0.2, 0.25) is 0 Å². The van der Waals surface area contributed by atoms with Crippen molar-refractivity contribution in [1.82, 2.24) is 25.2 Å². The summed E-state index contributed by atoms with van der Waals surface area (Å²) < 4.78 is 2.07. The van der Waals surface area contributed by atoms with E-state index in [2.05, 4.69) is 86.8 Å². The molecule has 0 aliphatic carbocycles. The summed E-state index contributed by atoms with van der Waals surface area (Å²) in [4.78, 5) is 12.2. The Bertz CT molecular complexity index is 1100. The van der Waals surface area contributed by atoms with Crippen molar-refractivity contribution in [3.63, 3.8) is 0 Å². The number of nitrogens with one attached hydrogen (secondary N) is 3. The van der Waals surface area contributed by atoms with Crippen LogP contribution in [0.3, 0.4) is 0 Å². The smallest absolute Gasteiger partial charge is 0.191 e. The molecule has 31 heavy (non-hydrogen) atoms. The van der Waals surface area contributed by atoms with E-state index in [9.17, 15) is 0 Å². The standard InChI is InChI=1S/C24H28N6.HI/c1-2-26-24(27-11-10-21-16-28-23-9-4-3-8-22(21)23)29-15-19-6-5-7-20(14-19)17-30-13-12-25-18-30;/h3-9,12-14,16,18,28H,2,10-11,15,17H2,1H3,(H2,26,27,29);1H. The average Bonchev–Trinajstić information content (AvgIpc) is 3.42. The van der Waals surface area contributed by atoms with Gasteiger partial charge in [0.05, 0.1) is 12.9 Å². The van der Waals surface area contributed by atoms with Gasteiger partial charge in [-0.2, -0.15) is 0 Å². The van der Waals surface area contributed by atoms with Crippen LogP contribution in [0.15, 0.2) is 78.4 Å². The van der Waals surface area contributed by atoms with Gasteiger partial charge in [-0.1, -0.05) is 42.5 Å². The normalized spacial score (nSPS) is 11.3. The molecule has 0 saturated carbocycles. The Morgan fingerprint density at radius 1 is 1.10 bits per heavy atom. The van der Waals surface area contributed by atoms with Crippen LogP contribution in [-0.2, 0) is 19.5 Å². The summed E-state index contributed by atoms with van der Waals surface area (Å²) in [6, 6.07) is 17.0. The molecule has 0 atom stereocenters. The van der Waals surface area contributed by atoms with Gasteiger partial charge in [-0.05, 0) is 36.1 Å². The van der Waals surface area contributed by atoms with Crippen molar-refractivity contribution in [2.75, 3.05) is 13.1 Å². The van der Waals surface area contributed by atoms with Crippen LogP contribution in [0, 0.1) is 0 Å². The molecular weight excluding hydrogens is 499 g/mol. The number of nitrogens with zero attached hydrogens (tertiary/aromatic N) is 3. The highest BCUT2D eigenvalue weighted by molar-refractivity contribution is 14.0. The molecule has 0 aliphatic rings. The van der Waals surface area contributed by atoms with Crippen molar-refractivity contribution in [2.24, 2.45) is 4.99 Å². The molecule has 4 aromatic rings. The minimum atomic E-state index is 0. The molecule has 0 unspecified atom stereocenters. The molecule has 7 heteroatoms. The zero-order valence-corrected chi connectivity index (χ0v) is 20.0. The number of aromatic amines is 1. The topological polar surface area (TPSA) is 70.0 Å². The monoisotopic (exact) mass is 528 g/mol. The van der Waals surface area contributed by atoms with E-state index in [0.29, 0.717) is 6.54 Å². The van der Waals surface area contributed by atoms with E-state index < -0.39 is 0 Å². The van der Waals surface area contributed by atoms with Crippen molar-refractivity contribution in [3.8, 4) is 0 Å². The predicted molar refractivity (Wildman–Crippen MR) is 138 cm³/mol. The van der Waals surface area contributed by atoms with Gasteiger partial charge >= 0.3 is 0 Å². The van der Waals surface area contributed by atoms with Gasteiger partial charge in [0.25, 0.3) is 0 Å². The maximum atomic E-state index is 4.77. The van der Waals surface area contributed by atoms with Crippen LogP contribution >= 0.6 is 24.0 Å². The lowest BCUT2D eigenvalue weighted by Gasteiger charge is -2.11. The van der Waals surface area contributed by atoms with Gasteiger partial charge in [-0.3, -0.25) is 0 Å². The number of imidazole rings is 1. The Labute approximate surface area is 200 Å². The van der Waals surface area contributed by atoms with Crippen LogP contribution < -0.4 is 10.6 Å². The molecule has 2 aromatic heterocycles. The minimum absolute atomic E-state index is 0. The Hall–Kier alpha value is -2.81. The second-order valence-electron chi connectivity index (χ2n) is 7.29. The van der Waals surface area contributed by atoms with Gasteiger partial charge in [0, 0.05) is 49.1 Å². The highest BCUT2D eigenvalue weighted by Crippen LogP contribution is 2.17. The number of aromatic nitrogens is 3. The molecule has 0 amide bonds.